The molecule has 1 aliphatic rings. The van der Waals surface area contributed by atoms with Crippen LogP contribution in [-0.2, 0) is 4.74 Å². The molecule has 0 radical (unpaired) electrons. The van der Waals surface area contributed by atoms with E-state index in [9.17, 15) is 15.3 Å². The van der Waals surface area contributed by atoms with Crippen molar-refractivity contribution in [1.82, 2.24) is 0 Å². The van der Waals surface area contributed by atoms with Crippen LogP contribution in [0, 0.1) is 11.3 Å². The van der Waals surface area contributed by atoms with Gasteiger partial charge in [0.25, 0.3) is 0 Å². The van der Waals surface area contributed by atoms with Gasteiger partial charge in [-0.15, -0.1) is 0 Å². The number of nitriles is 1. The van der Waals surface area contributed by atoms with E-state index in [-0.39, 0.29) is 19.4 Å². The minimum Gasteiger partial charge on any atom is -0.387 e. The Morgan fingerprint density at radius 2 is 2.25 bits per heavy atom. The average Bonchev–Trinajstić information content (AvgIpc) is 2.49. The Kier molecular flexibility index (Phi) is 4.06. The number of hydrogen-bond donors (Lipinski definition) is 3. The van der Waals surface area contributed by atoms with E-state index < -0.39 is 24.1 Å². The molecule has 88 valence electrons. The Morgan fingerprint density at radius 1 is 1.56 bits per heavy atom. The molecule has 1 saturated heterocycles. The highest BCUT2D eigenvalue weighted by atomic mass is 16.7. The standard InChI is InChI=1S/C8H12N4O4/c9-3-1-2-8(15)7(14)6(13)5(16-8)4-11-12-10/h5-7,13-15H,1-2,4H2/t5-,6+,7-,8-/m0/s1. The van der Waals surface area contributed by atoms with E-state index in [0.717, 1.165) is 0 Å². The lowest BCUT2D eigenvalue weighted by atomic mass is 10.0. The minimum atomic E-state index is -1.95. The molecule has 1 fully saturated rings. The van der Waals surface area contributed by atoms with Crippen molar-refractivity contribution < 1.29 is 20.1 Å². The molecule has 16 heavy (non-hydrogen) atoms. The summed E-state index contributed by atoms with van der Waals surface area (Å²) in [6.07, 6.45) is -3.95. The molecule has 0 spiro atoms. The van der Waals surface area contributed by atoms with Gasteiger partial charge < -0.3 is 20.1 Å². The summed E-state index contributed by atoms with van der Waals surface area (Å²) in [5.41, 5.74) is 8.10. The molecule has 0 aromatic rings. The second-order valence-corrected chi connectivity index (χ2v) is 3.51. The van der Waals surface area contributed by atoms with E-state index in [1.807, 2.05) is 0 Å². The fourth-order valence-electron chi connectivity index (χ4n) is 1.58. The summed E-state index contributed by atoms with van der Waals surface area (Å²) in [5.74, 6) is -1.95. The van der Waals surface area contributed by atoms with Gasteiger partial charge in [0, 0.05) is 17.8 Å². The lowest BCUT2D eigenvalue weighted by Gasteiger charge is -2.24. The Morgan fingerprint density at radius 3 is 2.81 bits per heavy atom. The third-order valence-corrected chi connectivity index (χ3v) is 2.44. The van der Waals surface area contributed by atoms with Gasteiger partial charge in [-0.3, -0.25) is 0 Å². The van der Waals surface area contributed by atoms with E-state index >= 15 is 0 Å². The molecule has 0 amide bonds. The smallest absolute Gasteiger partial charge is 0.196 e. The number of rotatable bonds is 4. The number of ether oxygens (including phenoxy) is 1. The van der Waals surface area contributed by atoms with Crippen molar-refractivity contribution in [3.63, 3.8) is 0 Å². The van der Waals surface area contributed by atoms with Gasteiger partial charge in [-0.1, -0.05) is 5.11 Å². The molecule has 3 N–H and O–H groups in total. The van der Waals surface area contributed by atoms with Crippen molar-refractivity contribution in [2.75, 3.05) is 6.54 Å². The van der Waals surface area contributed by atoms with Gasteiger partial charge in [0.2, 0.25) is 0 Å². The zero-order valence-electron chi connectivity index (χ0n) is 8.39. The summed E-state index contributed by atoms with van der Waals surface area (Å²) < 4.78 is 5.02. The Balaban J connectivity index is 2.70. The first kappa shape index (κ1) is 12.7. The molecule has 0 unspecified atom stereocenters. The summed E-state index contributed by atoms with van der Waals surface area (Å²) in [6.45, 7) is -0.191. The van der Waals surface area contributed by atoms with Gasteiger partial charge in [-0.25, -0.2) is 0 Å². The molecule has 1 heterocycles. The first-order chi connectivity index (χ1) is 7.55. The number of aliphatic hydroxyl groups excluding tert-OH is 2. The molecule has 1 rings (SSSR count). The maximum atomic E-state index is 9.81. The molecule has 0 bridgehead atoms. The number of azide groups is 1. The monoisotopic (exact) mass is 228 g/mol. The maximum absolute atomic E-state index is 9.81. The van der Waals surface area contributed by atoms with Crippen LogP contribution in [0.1, 0.15) is 12.8 Å². The Labute approximate surface area is 91.3 Å². The van der Waals surface area contributed by atoms with Gasteiger partial charge in [0.15, 0.2) is 5.79 Å². The fourth-order valence-corrected chi connectivity index (χ4v) is 1.58. The van der Waals surface area contributed by atoms with Crippen LogP contribution in [0.2, 0.25) is 0 Å². The summed E-state index contributed by atoms with van der Waals surface area (Å²) in [7, 11) is 0. The van der Waals surface area contributed by atoms with Crippen LogP contribution in [0.3, 0.4) is 0 Å². The second-order valence-electron chi connectivity index (χ2n) is 3.51. The van der Waals surface area contributed by atoms with Crippen LogP contribution in [0.5, 0.6) is 0 Å². The van der Waals surface area contributed by atoms with Crippen molar-refractivity contribution >= 4 is 0 Å². The fraction of sp³-hybridized carbons (Fsp3) is 0.875. The molecule has 1 aliphatic heterocycles. The molecule has 8 nitrogen and oxygen atoms in total. The lowest BCUT2D eigenvalue weighted by Crippen LogP contribution is -2.43. The third-order valence-electron chi connectivity index (χ3n) is 2.44. The summed E-state index contributed by atoms with van der Waals surface area (Å²) in [6, 6.07) is 1.80. The molecule has 0 saturated carbocycles. The highest BCUT2D eigenvalue weighted by molar-refractivity contribution is 4.97. The van der Waals surface area contributed by atoms with Crippen LogP contribution >= 0.6 is 0 Å². The highest BCUT2D eigenvalue weighted by Crippen LogP contribution is 2.32. The van der Waals surface area contributed by atoms with Gasteiger partial charge in [-0.2, -0.15) is 5.26 Å². The molecule has 4 atom stereocenters. The molecule has 0 aromatic heterocycles. The first-order valence-corrected chi connectivity index (χ1v) is 4.69. The van der Waals surface area contributed by atoms with Gasteiger partial charge in [0.05, 0.1) is 18.7 Å². The highest BCUT2D eigenvalue weighted by Gasteiger charge is 2.52. The predicted molar refractivity (Wildman–Crippen MR) is 50.7 cm³/mol. The quantitative estimate of drug-likeness (QED) is 0.334. The number of hydrogen-bond acceptors (Lipinski definition) is 6. The van der Waals surface area contributed by atoms with Crippen molar-refractivity contribution in [2.45, 2.75) is 36.9 Å². The SMILES string of the molecule is N#CCC[C@]1(O)O[C@@H](CN=[N+]=[N-])[C@@H](O)[C@@H]1O. The van der Waals surface area contributed by atoms with E-state index in [1.54, 1.807) is 6.07 Å². The Bertz CT molecular complexity index is 337. The van der Waals surface area contributed by atoms with Gasteiger partial charge >= 0.3 is 0 Å². The van der Waals surface area contributed by atoms with Gasteiger partial charge in [0.1, 0.15) is 12.2 Å². The third kappa shape index (κ3) is 2.41. The van der Waals surface area contributed by atoms with E-state index in [4.69, 9.17) is 15.5 Å². The van der Waals surface area contributed by atoms with Crippen LogP contribution < -0.4 is 0 Å². The lowest BCUT2D eigenvalue weighted by molar-refractivity contribution is -0.229. The minimum absolute atomic E-state index is 0.0193. The molecule has 8 heteroatoms. The van der Waals surface area contributed by atoms with E-state index in [2.05, 4.69) is 10.0 Å². The molecule has 0 aromatic carbocycles. The second kappa shape index (κ2) is 5.12. The topological polar surface area (TPSA) is 142 Å². The van der Waals surface area contributed by atoms with E-state index in [1.165, 1.54) is 0 Å². The molecular formula is C8H12N4O4. The largest absolute Gasteiger partial charge is 0.387 e. The maximum Gasteiger partial charge on any atom is 0.196 e. The van der Waals surface area contributed by atoms with Crippen LogP contribution in [0.4, 0.5) is 0 Å². The van der Waals surface area contributed by atoms with Crippen LogP contribution in [0.15, 0.2) is 5.11 Å². The normalized spacial score (nSPS) is 37.8. The van der Waals surface area contributed by atoms with Crippen molar-refractivity contribution in [3.05, 3.63) is 10.4 Å². The zero-order valence-corrected chi connectivity index (χ0v) is 8.39. The zero-order chi connectivity index (χ0) is 12.2. The predicted octanol–water partition coefficient (Wildman–Crippen LogP) is -0.590. The number of aliphatic hydroxyl groups is 3. The molecular weight excluding hydrogens is 216 g/mol. The average molecular weight is 228 g/mol. The first-order valence-electron chi connectivity index (χ1n) is 4.69. The van der Waals surface area contributed by atoms with Gasteiger partial charge in [-0.05, 0) is 5.53 Å². The van der Waals surface area contributed by atoms with Crippen LogP contribution in [-0.4, -0.2) is 46.0 Å². The van der Waals surface area contributed by atoms with Crippen molar-refractivity contribution in [1.29, 1.82) is 5.26 Å². The van der Waals surface area contributed by atoms with Crippen molar-refractivity contribution in [3.8, 4) is 6.07 Å². The molecule has 0 aliphatic carbocycles. The number of nitrogens with zero attached hydrogens (tertiary/aromatic N) is 4. The summed E-state index contributed by atoms with van der Waals surface area (Å²) in [4.78, 5) is 2.49. The summed E-state index contributed by atoms with van der Waals surface area (Å²) in [5, 5.41) is 40.4. The van der Waals surface area contributed by atoms with Crippen LogP contribution in [0.25, 0.3) is 10.4 Å². The van der Waals surface area contributed by atoms with Crippen molar-refractivity contribution in [2.24, 2.45) is 5.11 Å². The summed E-state index contributed by atoms with van der Waals surface area (Å²) >= 11 is 0. The Hall–Kier alpha value is -1.36. The van der Waals surface area contributed by atoms with E-state index in [0.29, 0.717) is 0 Å².